The summed E-state index contributed by atoms with van der Waals surface area (Å²) in [5.74, 6) is -1.40. The molecule has 3 rings (SSSR count). The van der Waals surface area contributed by atoms with Gasteiger partial charge in [0.15, 0.2) is 0 Å². The topological polar surface area (TPSA) is 86.8 Å². The van der Waals surface area contributed by atoms with Crippen LogP contribution in [0.1, 0.15) is 24.0 Å². The summed E-state index contributed by atoms with van der Waals surface area (Å²) in [5.41, 5.74) is 1.44. The summed E-state index contributed by atoms with van der Waals surface area (Å²) in [6, 6.07) is 19.0. The second-order valence-corrected chi connectivity index (χ2v) is 11.7. The van der Waals surface area contributed by atoms with E-state index in [-0.39, 0.29) is 49.9 Å². The average molecular weight is 595 g/mol. The highest BCUT2D eigenvalue weighted by molar-refractivity contribution is 7.92. The van der Waals surface area contributed by atoms with Crippen molar-refractivity contribution in [3.8, 4) is 0 Å². The number of likely N-dealkylation sites (N-methyl/N-ethyl adjacent to an activating group) is 1. The van der Waals surface area contributed by atoms with Gasteiger partial charge in [-0.3, -0.25) is 13.9 Å². The quantitative estimate of drug-likeness (QED) is 0.318. The van der Waals surface area contributed by atoms with Crippen molar-refractivity contribution in [1.29, 1.82) is 0 Å². The Hall–Kier alpha value is -3.14. The van der Waals surface area contributed by atoms with Crippen molar-refractivity contribution in [1.82, 2.24) is 10.2 Å². The molecule has 0 radical (unpaired) electrons. The second kappa shape index (κ2) is 13.8. The van der Waals surface area contributed by atoms with Crippen molar-refractivity contribution < 1.29 is 22.4 Å². The van der Waals surface area contributed by atoms with Crippen LogP contribution >= 0.6 is 23.2 Å². The van der Waals surface area contributed by atoms with Gasteiger partial charge in [0.25, 0.3) is 0 Å². The molecule has 0 aliphatic carbocycles. The van der Waals surface area contributed by atoms with Gasteiger partial charge in [0.2, 0.25) is 21.8 Å². The number of amides is 2. The average Bonchev–Trinajstić information content (AvgIpc) is 2.90. The fraction of sp³-hybridized carbons (Fsp3) is 0.286. The number of rotatable bonds is 12. The van der Waals surface area contributed by atoms with E-state index < -0.39 is 21.9 Å². The normalized spacial score (nSPS) is 12.0. The lowest BCUT2D eigenvalue weighted by Gasteiger charge is -2.31. The Balaban J connectivity index is 1.87. The molecule has 0 unspecified atom stereocenters. The van der Waals surface area contributed by atoms with E-state index >= 15 is 0 Å². The van der Waals surface area contributed by atoms with Crippen molar-refractivity contribution in [3.05, 3.63) is 99.8 Å². The molecule has 39 heavy (non-hydrogen) atoms. The van der Waals surface area contributed by atoms with Gasteiger partial charge < -0.3 is 10.2 Å². The highest BCUT2D eigenvalue weighted by atomic mass is 35.5. The molecule has 1 N–H and O–H groups in total. The molecule has 0 aromatic heterocycles. The number of sulfonamides is 1. The van der Waals surface area contributed by atoms with Crippen LogP contribution in [0.4, 0.5) is 10.1 Å². The maximum Gasteiger partial charge on any atom is 0.242 e. The Morgan fingerprint density at radius 2 is 1.62 bits per heavy atom. The Labute approximate surface area is 238 Å². The van der Waals surface area contributed by atoms with Gasteiger partial charge >= 0.3 is 0 Å². The van der Waals surface area contributed by atoms with Gasteiger partial charge in [-0.15, -0.1) is 0 Å². The molecule has 0 aliphatic rings. The molecule has 208 valence electrons. The van der Waals surface area contributed by atoms with Crippen molar-refractivity contribution in [3.63, 3.8) is 0 Å². The number of carbonyl (C=O) groups excluding carboxylic acids is 2. The van der Waals surface area contributed by atoms with Crippen LogP contribution < -0.4 is 9.62 Å². The third-order valence-corrected chi connectivity index (χ3v) is 8.05. The van der Waals surface area contributed by atoms with E-state index in [4.69, 9.17) is 23.2 Å². The SMILES string of the molecule is CNC(=O)[C@H](Cc1ccccc1)N(Cc1ccc(Cl)c(Cl)c1)C(=O)CCCN(c1ccccc1F)S(C)(=O)=O. The third kappa shape index (κ3) is 8.42. The van der Waals surface area contributed by atoms with Gasteiger partial charge in [0.1, 0.15) is 11.9 Å². The Bertz CT molecular complexity index is 1410. The maximum absolute atomic E-state index is 14.4. The first-order valence-corrected chi connectivity index (χ1v) is 14.8. The van der Waals surface area contributed by atoms with Crippen molar-refractivity contribution in [2.24, 2.45) is 0 Å². The van der Waals surface area contributed by atoms with Crippen LogP contribution in [0.5, 0.6) is 0 Å². The molecule has 0 aliphatic heterocycles. The lowest BCUT2D eigenvalue weighted by Crippen LogP contribution is -2.49. The number of hydrogen-bond donors (Lipinski definition) is 1. The molecule has 0 saturated heterocycles. The Morgan fingerprint density at radius 3 is 2.23 bits per heavy atom. The van der Waals surface area contributed by atoms with E-state index in [0.717, 1.165) is 16.1 Å². The zero-order chi connectivity index (χ0) is 28.6. The predicted molar refractivity (Wildman–Crippen MR) is 153 cm³/mol. The van der Waals surface area contributed by atoms with Gasteiger partial charge in [-0.2, -0.15) is 0 Å². The number of nitrogens with zero attached hydrogens (tertiary/aromatic N) is 2. The molecule has 1 atom stereocenters. The van der Waals surface area contributed by atoms with Crippen LogP contribution in [-0.2, 0) is 32.6 Å². The van der Waals surface area contributed by atoms with Crippen LogP contribution in [0.2, 0.25) is 10.0 Å². The molecule has 0 heterocycles. The summed E-state index contributed by atoms with van der Waals surface area (Å²) in [5, 5.41) is 3.31. The first-order valence-electron chi connectivity index (χ1n) is 12.2. The number of para-hydroxylation sites is 1. The minimum absolute atomic E-state index is 0.0732. The molecule has 2 amide bonds. The molecule has 3 aromatic rings. The van der Waals surface area contributed by atoms with Crippen LogP contribution in [0, 0.1) is 5.82 Å². The fourth-order valence-electron chi connectivity index (χ4n) is 4.19. The highest BCUT2D eigenvalue weighted by Crippen LogP contribution is 2.25. The number of anilines is 1. The van der Waals surface area contributed by atoms with Gasteiger partial charge in [-0.05, 0) is 41.8 Å². The number of carbonyl (C=O) groups is 2. The zero-order valence-electron chi connectivity index (χ0n) is 21.6. The molecule has 0 fully saturated rings. The predicted octanol–water partition coefficient (Wildman–Crippen LogP) is 5.06. The van der Waals surface area contributed by atoms with Crippen LogP contribution in [-0.4, -0.2) is 51.0 Å². The Kier molecular flexibility index (Phi) is 10.7. The van der Waals surface area contributed by atoms with Crippen molar-refractivity contribution in [2.45, 2.75) is 31.8 Å². The molecule has 3 aromatic carbocycles. The number of halogens is 3. The smallest absolute Gasteiger partial charge is 0.242 e. The lowest BCUT2D eigenvalue weighted by molar-refractivity contribution is -0.141. The molecular weight excluding hydrogens is 564 g/mol. The molecule has 0 bridgehead atoms. The van der Waals surface area contributed by atoms with Crippen LogP contribution in [0.3, 0.4) is 0 Å². The maximum atomic E-state index is 14.4. The van der Waals surface area contributed by atoms with E-state index in [1.54, 1.807) is 18.2 Å². The van der Waals surface area contributed by atoms with Crippen molar-refractivity contribution >= 4 is 50.7 Å². The third-order valence-electron chi connectivity index (χ3n) is 6.13. The first kappa shape index (κ1) is 30.4. The summed E-state index contributed by atoms with van der Waals surface area (Å²) < 4.78 is 40.2. The van der Waals surface area contributed by atoms with Crippen LogP contribution in [0.25, 0.3) is 0 Å². The summed E-state index contributed by atoms with van der Waals surface area (Å²) in [4.78, 5) is 28.1. The molecule has 0 saturated carbocycles. The number of benzene rings is 3. The largest absolute Gasteiger partial charge is 0.357 e. The monoisotopic (exact) mass is 593 g/mol. The number of nitrogens with one attached hydrogen (secondary N) is 1. The summed E-state index contributed by atoms with van der Waals surface area (Å²) >= 11 is 12.3. The van der Waals surface area contributed by atoms with Crippen molar-refractivity contribution in [2.75, 3.05) is 24.2 Å². The number of hydrogen-bond acceptors (Lipinski definition) is 4. The zero-order valence-corrected chi connectivity index (χ0v) is 23.9. The lowest BCUT2D eigenvalue weighted by atomic mass is 10.0. The molecular formula is C28H30Cl2FN3O4S. The Morgan fingerprint density at radius 1 is 0.949 bits per heavy atom. The minimum atomic E-state index is -3.81. The van der Waals surface area contributed by atoms with E-state index in [1.165, 1.54) is 36.2 Å². The molecule has 0 spiro atoms. The molecule has 11 heteroatoms. The van der Waals surface area contributed by atoms with Gasteiger partial charge in [0.05, 0.1) is 22.0 Å². The van der Waals surface area contributed by atoms with Gasteiger partial charge in [0, 0.05) is 33.0 Å². The highest BCUT2D eigenvalue weighted by Gasteiger charge is 2.30. The molecule has 7 nitrogen and oxygen atoms in total. The summed E-state index contributed by atoms with van der Waals surface area (Å²) in [6.07, 6.45) is 1.27. The van der Waals surface area contributed by atoms with Gasteiger partial charge in [-0.1, -0.05) is 71.7 Å². The van der Waals surface area contributed by atoms with E-state index in [0.29, 0.717) is 15.6 Å². The van der Waals surface area contributed by atoms with E-state index in [9.17, 15) is 22.4 Å². The second-order valence-electron chi connectivity index (χ2n) is 8.98. The van der Waals surface area contributed by atoms with Crippen LogP contribution in [0.15, 0.2) is 72.8 Å². The van der Waals surface area contributed by atoms with E-state index in [1.807, 2.05) is 30.3 Å². The van der Waals surface area contributed by atoms with Gasteiger partial charge in [-0.25, -0.2) is 12.8 Å². The summed E-state index contributed by atoms with van der Waals surface area (Å²) in [7, 11) is -2.31. The fourth-order valence-corrected chi connectivity index (χ4v) is 5.48. The first-order chi connectivity index (χ1) is 18.5. The summed E-state index contributed by atoms with van der Waals surface area (Å²) in [6.45, 7) is -0.0425. The minimum Gasteiger partial charge on any atom is -0.357 e. The standard InChI is InChI=1S/C28H30Cl2FN3O4S/c1-32-28(36)26(18-20-9-4-3-5-10-20)33(19-21-14-15-22(29)23(30)17-21)27(35)13-8-16-34(39(2,37)38)25-12-7-6-11-24(25)31/h3-7,9-12,14-15,17,26H,8,13,16,18-19H2,1-2H3,(H,32,36)/t26-/m0/s1. The van der Waals surface area contributed by atoms with E-state index in [2.05, 4.69) is 5.32 Å².